The maximum atomic E-state index is 11.9. The smallest absolute Gasteiger partial charge is 0.315 e. The van der Waals surface area contributed by atoms with Gasteiger partial charge in [0.25, 0.3) is 0 Å². The van der Waals surface area contributed by atoms with Crippen LogP contribution in [0.2, 0.25) is 0 Å². The molecule has 0 aromatic heterocycles. The normalized spacial score (nSPS) is 13.6. The maximum Gasteiger partial charge on any atom is 0.315 e. The largest absolute Gasteiger partial charge is 0.396 e. The summed E-state index contributed by atoms with van der Waals surface area (Å²) in [5, 5.41) is 14.7. The highest BCUT2D eigenvalue weighted by Crippen LogP contribution is 2.16. The lowest BCUT2D eigenvalue weighted by atomic mass is 10.0. The van der Waals surface area contributed by atoms with Crippen LogP contribution in [0.1, 0.15) is 50.3 Å². The van der Waals surface area contributed by atoms with Crippen LogP contribution in [-0.4, -0.2) is 23.8 Å². The van der Waals surface area contributed by atoms with Crippen molar-refractivity contribution < 1.29 is 9.90 Å². The van der Waals surface area contributed by atoms with Crippen molar-refractivity contribution >= 4 is 6.03 Å². The van der Waals surface area contributed by atoms with Gasteiger partial charge in [0.1, 0.15) is 0 Å². The second kappa shape index (κ2) is 8.59. The van der Waals surface area contributed by atoms with Crippen molar-refractivity contribution in [2.45, 2.75) is 52.1 Å². The number of hydrogen-bond acceptors (Lipinski definition) is 2. The molecule has 0 aliphatic carbocycles. The van der Waals surface area contributed by atoms with Gasteiger partial charge in [0.05, 0.1) is 6.04 Å². The van der Waals surface area contributed by atoms with E-state index in [4.69, 9.17) is 5.11 Å². The number of aryl methyl sites for hydroxylation is 1. The Morgan fingerprint density at radius 1 is 1.25 bits per heavy atom. The highest BCUT2D eigenvalue weighted by molar-refractivity contribution is 5.74. The van der Waals surface area contributed by atoms with E-state index in [1.54, 1.807) is 0 Å². The molecule has 0 bridgehead atoms. The summed E-state index contributed by atoms with van der Waals surface area (Å²) in [5.41, 5.74) is 2.34. The van der Waals surface area contributed by atoms with Crippen molar-refractivity contribution in [1.82, 2.24) is 10.6 Å². The highest BCUT2D eigenvalue weighted by Gasteiger charge is 2.13. The third kappa shape index (κ3) is 5.61. The van der Waals surface area contributed by atoms with E-state index >= 15 is 0 Å². The minimum atomic E-state index is -0.150. The monoisotopic (exact) mass is 278 g/mol. The van der Waals surface area contributed by atoms with E-state index in [1.165, 1.54) is 5.56 Å². The Morgan fingerprint density at radius 2 is 1.90 bits per heavy atom. The van der Waals surface area contributed by atoms with Crippen LogP contribution in [0, 0.1) is 6.92 Å². The quantitative estimate of drug-likeness (QED) is 0.718. The lowest BCUT2D eigenvalue weighted by molar-refractivity contribution is 0.230. The van der Waals surface area contributed by atoms with Gasteiger partial charge in [-0.05, 0) is 38.7 Å². The predicted molar refractivity (Wildman–Crippen MR) is 81.7 cm³/mol. The van der Waals surface area contributed by atoms with Crippen LogP contribution in [0.5, 0.6) is 0 Å². The van der Waals surface area contributed by atoms with E-state index in [0.717, 1.165) is 18.4 Å². The minimum Gasteiger partial charge on any atom is -0.396 e. The second-order valence-corrected chi connectivity index (χ2v) is 5.26. The number of urea groups is 1. The van der Waals surface area contributed by atoms with E-state index in [1.807, 2.05) is 13.8 Å². The van der Waals surface area contributed by atoms with Crippen molar-refractivity contribution in [3.05, 3.63) is 35.4 Å². The van der Waals surface area contributed by atoms with Crippen molar-refractivity contribution in [2.24, 2.45) is 0 Å². The molecule has 0 aliphatic rings. The van der Waals surface area contributed by atoms with Gasteiger partial charge in [0.15, 0.2) is 0 Å². The molecule has 1 aromatic rings. The number of aliphatic hydroxyl groups excluding tert-OH is 1. The molecule has 0 saturated heterocycles. The molecule has 3 N–H and O–H groups in total. The zero-order valence-corrected chi connectivity index (χ0v) is 12.6. The number of carbonyl (C=O) groups excluding carboxylic acids is 1. The SMILES string of the molecule is CCC(NC(=O)NC(C)CCCO)c1ccc(C)cc1. The number of hydrogen-bond donors (Lipinski definition) is 3. The van der Waals surface area contributed by atoms with E-state index < -0.39 is 0 Å². The van der Waals surface area contributed by atoms with Crippen molar-refractivity contribution in [3.63, 3.8) is 0 Å². The average Bonchev–Trinajstić information content (AvgIpc) is 2.43. The van der Waals surface area contributed by atoms with Crippen LogP contribution in [0.25, 0.3) is 0 Å². The van der Waals surface area contributed by atoms with Crippen LogP contribution < -0.4 is 10.6 Å². The number of rotatable bonds is 7. The lowest BCUT2D eigenvalue weighted by Gasteiger charge is -2.20. The van der Waals surface area contributed by atoms with Crippen LogP contribution >= 0.6 is 0 Å². The third-order valence-electron chi connectivity index (χ3n) is 3.37. The molecule has 0 saturated carbocycles. The first-order valence-electron chi connectivity index (χ1n) is 7.31. The molecule has 0 spiro atoms. The molecular formula is C16H26N2O2. The van der Waals surface area contributed by atoms with Crippen molar-refractivity contribution in [2.75, 3.05) is 6.61 Å². The zero-order valence-electron chi connectivity index (χ0n) is 12.6. The van der Waals surface area contributed by atoms with Crippen LogP contribution in [0.3, 0.4) is 0 Å². The number of aliphatic hydroxyl groups is 1. The Morgan fingerprint density at radius 3 is 2.45 bits per heavy atom. The molecule has 0 radical (unpaired) electrons. The molecule has 2 atom stereocenters. The van der Waals surface area contributed by atoms with Gasteiger partial charge < -0.3 is 15.7 Å². The van der Waals surface area contributed by atoms with Gasteiger partial charge >= 0.3 is 6.03 Å². The van der Waals surface area contributed by atoms with Crippen molar-refractivity contribution in [1.29, 1.82) is 0 Å². The third-order valence-corrected chi connectivity index (χ3v) is 3.37. The summed E-state index contributed by atoms with van der Waals surface area (Å²) in [6.45, 7) is 6.21. The summed E-state index contributed by atoms with van der Waals surface area (Å²) in [7, 11) is 0. The Bertz CT molecular complexity index is 403. The van der Waals surface area contributed by atoms with E-state index in [2.05, 4.69) is 41.8 Å². The zero-order chi connectivity index (χ0) is 15.0. The summed E-state index contributed by atoms with van der Waals surface area (Å²) in [6, 6.07) is 8.17. The summed E-state index contributed by atoms with van der Waals surface area (Å²) in [6.07, 6.45) is 2.34. The second-order valence-electron chi connectivity index (χ2n) is 5.26. The van der Waals surface area contributed by atoms with Gasteiger partial charge in [-0.15, -0.1) is 0 Å². The molecule has 2 unspecified atom stereocenters. The maximum absolute atomic E-state index is 11.9. The van der Waals surface area contributed by atoms with Gasteiger partial charge in [-0.3, -0.25) is 0 Å². The van der Waals surface area contributed by atoms with Crippen molar-refractivity contribution in [3.8, 4) is 0 Å². The van der Waals surface area contributed by atoms with Crippen LogP contribution in [-0.2, 0) is 0 Å². The fourth-order valence-corrected chi connectivity index (χ4v) is 2.11. The van der Waals surface area contributed by atoms with Gasteiger partial charge in [-0.25, -0.2) is 4.79 Å². The molecule has 1 rings (SSSR count). The molecule has 0 aliphatic heterocycles. The molecule has 112 valence electrons. The summed E-state index contributed by atoms with van der Waals surface area (Å²) in [5.74, 6) is 0. The molecule has 2 amide bonds. The average molecular weight is 278 g/mol. The van der Waals surface area contributed by atoms with Gasteiger partial charge in [0, 0.05) is 12.6 Å². The first kappa shape index (κ1) is 16.5. The first-order valence-corrected chi connectivity index (χ1v) is 7.31. The Balaban J connectivity index is 2.51. The lowest BCUT2D eigenvalue weighted by Crippen LogP contribution is -2.42. The Labute approximate surface area is 121 Å². The molecule has 1 aromatic carbocycles. The van der Waals surface area contributed by atoms with E-state index in [-0.39, 0.29) is 24.7 Å². The number of carbonyl (C=O) groups is 1. The number of amides is 2. The van der Waals surface area contributed by atoms with E-state index in [0.29, 0.717) is 6.42 Å². The standard InChI is InChI=1S/C16H26N2O2/c1-4-15(14-9-7-12(2)8-10-14)18-16(20)17-13(3)6-5-11-19/h7-10,13,15,19H,4-6,11H2,1-3H3,(H2,17,18,20). The molecule has 0 fully saturated rings. The Kier molecular flexibility index (Phi) is 7.09. The molecule has 20 heavy (non-hydrogen) atoms. The van der Waals surface area contributed by atoms with Crippen LogP contribution in [0.15, 0.2) is 24.3 Å². The molecule has 4 nitrogen and oxygen atoms in total. The Hall–Kier alpha value is -1.55. The van der Waals surface area contributed by atoms with Gasteiger partial charge in [-0.2, -0.15) is 0 Å². The number of nitrogens with one attached hydrogen (secondary N) is 2. The summed E-state index contributed by atoms with van der Waals surface area (Å²) >= 11 is 0. The molecular weight excluding hydrogens is 252 g/mol. The molecule has 0 heterocycles. The minimum absolute atomic E-state index is 0.0284. The van der Waals surface area contributed by atoms with Gasteiger partial charge in [0.2, 0.25) is 0 Å². The summed E-state index contributed by atoms with van der Waals surface area (Å²) in [4.78, 5) is 11.9. The molecule has 4 heteroatoms. The number of benzene rings is 1. The topological polar surface area (TPSA) is 61.4 Å². The summed E-state index contributed by atoms with van der Waals surface area (Å²) < 4.78 is 0. The predicted octanol–water partition coefficient (Wildman–Crippen LogP) is 2.91. The first-order chi connectivity index (χ1) is 9.56. The van der Waals surface area contributed by atoms with E-state index in [9.17, 15) is 4.79 Å². The van der Waals surface area contributed by atoms with Crippen LogP contribution in [0.4, 0.5) is 4.79 Å². The fraction of sp³-hybridized carbons (Fsp3) is 0.562. The highest BCUT2D eigenvalue weighted by atomic mass is 16.3. The van der Waals surface area contributed by atoms with Gasteiger partial charge in [-0.1, -0.05) is 36.8 Å². The fourth-order valence-electron chi connectivity index (χ4n) is 2.11.